The Kier molecular flexibility index (Phi) is 7.42. The van der Waals surface area contributed by atoms with Crippen molar-refractivity contribution < 1.29 is 13.2 Å². The minimum Gasteiger partial charge on any atom is -0.345 e. The van der Waals surface area contributed by atoms with Crippen LogP contribution in [0.2, 0.25) is 0 Å². The second-order valence-corrected chi connectivity index (χ2v) is 10.1. The van der Waals surface area contributed by atoms with Crippen molar-refractivity contribution in [2.45, 2.75) is 45.1 Å². The lowest BCUT2D eigenvalue weighted by Crippen LogP contribution is -2.32. The molecule has 5 nitrogen and oxygen atoms in total. The molecule has 0 radical (unpaired) electrons. The first-order valence-corrected chi connectivity index (χ1v) is 11.5. The Hall–Kier alpha value is -1.70. The zero-order chi connectivity index (χ0) is 21.1. The van der Waals surface area contributed by atoms with Gasteiger partial charge >= 0.3 is 0 Å². The molecule has 0 aromatic heterocycles. The van der Waals surface area contributed by atoms with Gasteiger partial charge in [-0.05, 0) is 63.5 Å². The summed E-state index contributed by atoms with van der Waals surface area (Å²) in [5.41, 5.74) is 2.50. The van der Waals surface area contributed by atoms with Gasteiger partial charge in [0.2, 0.25) is 10.0 Å². The van der Waals surface area contributed by atoms with Crippen LogP contribution in [0.3, 0.4) is 0 Å². The van der Waals surface area contributed by atoms with Gasteiger partial charge in [-0.1, -0.05) is 52.0 Å². The molecule has 0 aliphatic rings. The molecule has 0 heterocycles. The standard InChI is InChI=1S/C21H27BrN2O3S/c1-13(2)11-15-5-7-16(8-6-15)20(14(3)4)24-21(25)18-12-17(28(23,26)27)9-10-19(18)22/h5-10,12-14,20H,11H2,1-4H3,(H,24,25)(H2,23,26,27). The smallest absolute Gasteiger partial charge is 0.252 e. The monoisotopic (exact) mass is 466 g/mol. The molecule has 2 aromatic rings. The highest BCUT2D eigenvalue weighted by atomic mass is 79.9. The van der Waals surface area contributed by atoms with E-state index in [1.165, 1.54) is 23.8 Å². The van der Waals surface area contributed by atoms with Crippen LogP contribution in [-0.2, 0) is 16.4 Å². The van der Waals surface area contributed by atoms with Gasteiger partial charge in [-0.3, -0.25) is 4.79 Å². The van der Waals surface area contributed by atoms with E-state index >= 15 is 0 Å². The zero-order valence-electron chi connectivity index (χ0n) is 16.6. The first kappa shape index (κ1) is 22.6. The molecule has 7 heteroatoms. The molecule has 0 fully saturated rings. The lowest BCUT2D eigenvalue weighted by molar-refractivity contribution is 0.0924. The molecule has 152 valence electrons. The minimum absolute atomic E-state index is 0.0972. The summed E-state index contributed by atoms with van der Waals surface area (Å²) in [4.78, 5) is 12.8. The summed E-state index contributed by atoms with van der Waals surface area (Å²) < 4.78 is 23.7. The quantitative estimate of drug-likeness (QED) is 0.632. The third kappa shape index (κ3) is 5.90. The fraction of sp³-hybridized carbons (Fsp3) is 0.381. The first-order valence-electron chi connectivity index (χ1n) is 9.21. The van der Waals surface area contributed by atoms with Gasteiger partial charge in [-0.15, -0.1) is 0 Å². The number of halogens is 1. The van der Waals surface area contributed by atoms with Crippen molar-refractivity contribution in [1.82, 2.24) is 5.32 Å². The second kappa shape index (κ2) is 9.20. The lowest BCUT2D eigenvalue weighted by atomic mass is 9.93. The number of primary sulfonamides is 1. The number of nitrogens with two attached hydrogens (primary N) is 1. The number of hydrogen-bond donors (Lipinski definition) is 2. The van der Waals surface area contributed by atoms with Gasteiger partial charge < -0.3 is 5.32 Å². The van der Waals surface area contributed by atoms with Gasteiger partial charge in [0, 0.05) is 4.47 Å². The van der Waals surface area contributed by atoms with Gasteiger partial charge in [0.05, 0.1) is 16.5 Å². The summed E-state index contributed by atoms with van der Waals surface area (Å²) in [6.45, 7) is 8.42. The van der Waals surface area contributed by atoms with Crippen LogP contribution in [0.15, 0.2) is 51.8 Å². The topological polar surface area (TPSA) is 89.3 Å². The summed E-state index contributed by atoms with van der Waals surface area (Å²) in [6, 6.07) is 12.2. The van der Waals surface area contributed by atoms with E-state index in [-0.39, 0.29) is 28.3 Å². The van der Waals surface area contributed by atoms with Crippen molar-refractivity contribution in [1.29, 1.82) is 0 Å². The Balaban J connectivity index is 2.29. The van der Waals surface area contributed by atoms with Crippen LogP contribution in [0.1, 0.15) is 55.2 Å². The number of amides is 1. The molecule has 0 bridgehead atoms. The third-order valence-corrected chi connectivity index (χ3v) is 6.05. The van der Waals surface area contributed by atoms with Crippen molar-refractivity contribution in [3.63, 3.8) is 0 Å². The number of benzene rings is 2. The molecule has 2 aromatic carbocycles. The lowest BCUT2D eigenvalue weighted by Gasteiger charge is -2.24. The van der Waals surface area contributed by atoms with Gasteiger partial charge in [0.1, 0.15) is 0 Å². The van der Waals surface area contributed by atoms with Crippen LogP contribution in [0.4, 0.5) is 0 Å². The van der Waals surface area contributed by atoms with E-state index in [2.05, 4.69) is 47.2 Å². The Morgan fingerprint density at radius 1 is 1.07 bits per heavy atom. The molecule has 1 atom stereocenters. The predicted octanol–water partition coefficient (Wildman–Crippen LogP) is 4.42. The summed E-state index contributed by atoms with van der Waals surface area (Å²) in [7, 11) is -3.89. The molecule has 1 amide bonds. The van der Waals surface area contributed by atoms with Crippen molar-refractivity contribution in [3.05, 3.63) is 63.6 Å². The SMILES string of the molecule is CC(C)Cc1ccc(C(NC(=O)c2cc(S(N)(=O)=O)ccc2Br)C(C)C)cc1. The molecule has 0 aliphatic heterocycles. The fourth-order valence-corrected chi connectivity index (χ4v) is 4.01. The Bertz CT molecular complexity index is 939. The van der Waals surface area contributed by atoms with Crippen LogP contribution in [-0.4, -0.2) is 14.3 Å². The molecular weight excluding hydrogens is 440 g/mol. The molecule has 0 spiro atoms. The second-order valence-electron chi connectivity index (χ2n) is 7.72. The molecule has 0 saturated heterocycles. The average Bonchev–Trinajstić information content (AvgIpc) is 2.59. The van der Waals surface area contributed by atoms with E-state index in [0.717, 1.165) is 12.0 Å². The van der Waals surface area contributed by atoms with E-state index in [1.54, 1.807) is 0 Å². The van der Waals surface area contributed by atoms with Crippen LogP contribution >= 0.6 is 15.9 Å². The highest BCUT2D eigenvalue weighted by molar-refractivity contribution is 9.10. The van der Waals surface area contributed by atoms with Gasteiger partial charge in [0.15, 0.2) is 0 Å². The summed E-state index contributed by atoms with van der Waals surface area (Å²) in [6.07, 6.45) is 1.01. The molecular formula is C21H27BrN2O3S. The maximum absolute atomic E-state index is 12.9. The van der Waals surface area contributed by atoms with Crippen molar-refractivity contribution in [3.8, 4) is 0 Å². The number of hydrogen-bond acceptors (Lipinski definition) is 3. The highest BCUT2D eigenvalue weighted by Gasteiger charge is 2.22. The maximum Gasteiger partial charge on any atom is 0.252 e. The third-order valence-electron chi connectivity index (χ3n) is 4.45. The molecule has 3 N–H and O–H groups in total. The van der Waals surface area contributed by atoms with E-state index in [1.807, 2.05) is 26.0 Å². The normalized spacial score (nSPS) is 13.0. The van der Waals surface area contributed by atoms with E-state index in [9.17, 15) is 13.2 Å². The number of nitrogens with one attached hydrogen (secondary N) is 1. The van der Waals surface area contributed by atoms with E-state index in [4.69, 9.17) is 5.14 Å². The maximum atomic E-state index is 12.9. The molecule has 1 unspecified atom stereocenters. The molecule has 28 heavy (non-hydrogen) atoms. The highest BCUT2D eigenvalue weighted by Crippen LogP contribution is 2.26. The van der Waals surface area contributed by atoms with Gasteiger partial charge in [0.25, 0.3) is 5.91 Å². The number of sulfonamides is 1. The number of carbonyl (C=O) groups is 1. The van der Waals surface area contributed by atoms with Crippen LogP contribution in [0, 0.1) is 11.8 Å². The van der Waals surface area contributed by atoms with E-state index < -0.39 is 10.0 Å². The first-order chi connectivity index (χ1) is 13.0. The molecule has 0 aliphatic carbocycles. The largest absolute Gasteiger partial charge is 0.345 e. The van der Waals surface area contributed by atoms with Crippen molar-refractivity contribution in [2.24, 2.45) is 17.0 Å². The fourth-order valence-electron chi connectivity index (χ4n) is 3.04. The molecule has 2 rings (SSSR count). The van der Waals surface area contributed by atoms with E-state index in [0.29, 0.717) is 10.4 Å². The van der Waals surface area contributed by atoms with Gasteiger partial charge in [-0.2, -0.15) is 0 Å². The molecule has 0 saturated carbocycles. The van der Waals surface area contributed by atoms with Crippen LogP contribution in [0.5, 0.6) is 0 Å². The average molecular weight is 467 g/mol. The van der Waals surface area contributed by atoms with Gasteiger partial charge in [-0.25, -0.2) is 13.6 Å². The summed E-state index contributed by atoms with van der Waals surface area (Å²) >= 11 is 3.32. The predicted molar refractivity (Wildman–Crippen MR) is 116 cm³/mol. The number of rotatable bonds is 7. The van der Waals surface area contributed by atoms with Crippen molar-refractivity contribution >= 4 is 31.9 Å². The summed E-state index contributed by atoms with van der Waals surface area (Å²) in [5.74, 6) is 0.373. The zero-order valence-corrected chi connectivity index (χ0v) is 19.0. The summed E-state index contributed by atoms with van der Waals surface area (Å²) in [5, 5.41) is 8.21. The van der Waals surface area contributed by atoms with Crippen LogP contribution < -0.4 is 10.5 Å². The Morgan fingerprint density at radius 3 is 2.18 bits per heavy atom. The van der Waals surface area contributed by atoms with Crippen molar-refractivity contribution in [2.75, 3.05) is 0 Å². The number of carbonyl (C=O) groups excluding carboxylic acids is 1. The Labute approximate surface area is 175 Å². The Morgan fingerprint density at radius 2 is 1.68 bits per heavy atom. The minimum atomic E-state index is -3.89. The van der Waals surface area contributed by atoms with Crippen LogP contribution in [0.25, 0.3) is 0 Å².